The molecule has 1 N–H and O–H groups in total. The van der Waals surface area contributed by atoms with E-state index in [4.69, 9.17) is 20.9 Å². The molecule has 2 aromatic heterocycles. The van der Waals surface area contributed by atoms with Crippen molar-refractivity contribution in [3.63, 3.8) is 0 Å². The van der Waals surface area contributed by atoms with Crippen molar-refractivity contribution in [2.75, 3.05) is 0 Å². The fourth-order valence-electron chi connectivity index (χ4n) is 1.74. The zero-order valence-corrected chi connectivity index (χ0v) is 17.1. The second-order valence-electron chi connectivity index (χ2n) is 4.87. The highest BCUT2D eigenvalue weighted by Crippen LogP contribution is 2.08. The number of rotatable bonds is 2. The van der Waals surface area contributed by atoms with Crippen molar-refractivity contribution in [3.8, 4) is 0 Å². The van der Waals surface area contributed by atoms with E-state index in [0.29, 0.717) is 5.88 Å². The van der Waals surface area contributed by atoms with Gasteiger partial charge < -0.3 is 5.11 Å². The zero-order valence-electron chi connectivity index (χ0n) is 14.0. The van der Waals surface area contributed by atoms with E-state index in [-0.39, 0.29) is 14.0 Å². The lowest BCUT2D eigenvalue weighted by atomic mass is 10.2. The van der Waals surface area contributed by atoms with Crippen molar-refractivity contribution in [3.05, 3.63) is 58.2 Å². The normalized spacial score (nSPS) is 9.32. The Morgan fingerprint density at radius 3 is 1.56 bits per heavy atom. The van der Waals surface area contributed by atoms with E-state index >= 15 is 0 Å². The Morgan fingerprint density at radius 1 is 0.920 bits per heavy atom. The lowest BCUT2D eigenvalue weighted by Gasteiger charge is -2.00. The minimum Gasteiger partial charge on any atom is -0.392 e. The van der Waals surface area contributed by atoms with Crippen LogP contribution in [-0.4, -0.2) is 19.3 Å². The van der Waals surface area contributed by atoms with E-state index in [1.165, 1.54) is 0 Å². The maximum absolute atomic E-state index is 9.09. The van der Waals surface area contributed by atoms with E-state index in [0.717, 1.165) is 33.9 Å². The number of hydrogen-bond donors (Lipinski definition) is 1. The summed E-state index contributed by atoms with van der Waals surface area (Å²) in [6.45, 7) is 7.88. The summed E-state index contributed by atoms with van der Waals surface area (Å²) < 4.78 is 9.09. The third-order valence-corrected chi connectivity index (χ3v) is 3.27. The van der Waals surface area contributed by atoms with Gasteiger partial charge in [-0.15, -0.1) is 11.6 Å². The van der Waals surface area contributed by atoms with Crippen LogP contribution in [0.15, 0.2) is 24.3 Å². The highest BCUT2D eigenvalue weighted by molar-refractivity contribution is 8.26. The molecule has 2 heterocycles. The quantitative estimate of drug-likeness (QED) is 0.521. The Morgan fingerprint density at radius 2 is 1.28 bits per heavy atom. The molecule has 2 rings (SSSR count). The second-order valence-corrected chi connectivity index (χ2v) is 7.66. The van der Waals surface area contributed by atoms with Crippen molar-refractivity contribution in [1.82, 2.24) is 9.97 Å². The summed E-state index contributed by atoms with van der Waals surface area (Å²) in [6.07, 6.45) is 0. The first-order valence-corrected chi connectivity index (χ1v) is 10.3. The van der Waals surface area contributed by atoms with Gasteiger partial charge in [-0.05, 0) is 51.0 Å². The van der Waals surface area contributed by atoms with Crippen molar-refractivity contribution in [1.29, 1.82) is 0 Å². The van der Waals surface area contributed by atoms with Gasteiger partial charge >= 0.3 is 0 Å². The molecule has 0 aliphatic heterocycles. The van der Waals surface area contributed by atoms with Gasteiger partial charge in [-0.3, -0.25) is 9.97 Å². The molecular formula is C17H25Cl3N2O2S. The van der Waals surface area contributed by atoms with Crippen molar-refractivity contribution in [2.24, 2.45) is 0 Å². The lowest BCUT2D eigenvalue weighted by molar-refractivity contribution is 0.280. The number of nitrogens with zero attached hydrogens (tertiary/aromatic N) is 2. The predicted octanol–water partition coefficient (Wildman–Crippen LogP) is 5.31. The van der Waals surface area contributed by atoms with Crippen LogP contribution in [0.3, 0.4) is 0 Å². The summed E-state index contributed by atoms with van der Waals surface area (Å²) in [5.41, 5.74) is 6.02. The Kier molecular flexibility index (Phi) is 15.3. The monoisotopic (exact) mass is 426 g/mol. The molecule has 4 nitrogen and oxygen atoms in total. The summed E-state index contributed by atoms with van der Waals surface area (Å²) in [6, 6.07) is 7.80. The molecule has 25 heavy (non-hydrogen) atoms. The van der Waals surface area contributed by atoms with Crippen molar-refractivity contribution < 1.29 is 9.32 Å². The minimum atomic E-state index is -1.67. The average Bonchev–Trinajstić information content (AvgIpc) is 2.47. The number of pyridine rings is 2. The molecule has 0 fully saturated rings. The highest BCUT2D eigenvalue weighted by atomic mass is 36.0. The summed E-state index contributed by atoms with van der Waals surface area (Å²) in [7, 11) is 7.36. The fraction of sp³-hybridized carbons (Fsp3) is 0.412. The van der Waals surface area contributed by atoms with Crippen LogP contribution in [0, 0.1) is 27.7 Å². The number of halogens is 3. The Balaban J connectivity index is 0. The predicted molar refractivity (Wildman–Crippen MR) is 109 cm³/mol. The van der Waals surface area contributed by atoms with Crippen LogP contribution in [0.2, 0.25) is 0 Å². The first-order chi connectivity index (χ1) is 11.2. The van der Waals surface area contributed by atoms with Gasteiger partial charge in [-0.25, -0.2) is 4.21 Å². The third kappa shape index (κ3) is 12.3. The molecule has 142 valence electrons. The standard InChI is InChI=1S/C8H10ClN.C8H11NO.CH4.Cl2OS/c1-6-3-4-8(5-9)7(2)10-6;1-6-3-4-8(5-10)7(2)9-6;;1-4(2)3/h3-4H,5H2,1-2H3;3-4,10H,5H2,1-2H3;1H4;. The molecule has 0 atom stereocenters. The largest absolute Gasteiger partial charge is 0.392 e. The molecule has 8 heteroatoms. The number of aromatic nitrogens is 2. The van der Waals surface area contributed by atoms with Gasteiger partial charge in [0.2, 0.25) is 9.23 Å². The van der Waals surface area contributed by atoms with Crippen LogP contribution in [-0.2, 0) is 21.7 Å². The number of hydrogen-bond acceptors (Lipinski definition) is 4. The molecule has 0 aliphatic rings. The van der Waals surface area contributed by atoms with Crippen LogP contribution >= 0.6 is 33.0 Å². The van der Waals surface area contributed by atoms with Crippen LogP contribution < -0.4 is 0 Å². The molecule has 0 saturated heterocycles. The number of alkyl halides is 1. The van der Waals surface area contributed by atoms with E-state index in [1.807, 2.05) is 52.0 Å². The van der Waals surface area contributed by atoms with Crippen molar-refractivity contribution in [2.45, 2.75) is 47.6 Å². The summed E-state index contributed by atoms with van der Waals surface area (Å²) in [4.78, 5) is 8.44. The SMILES string of the molecule is C.Cc1ccc(CCl)c(C)n1.Cc1ccc(CO)c(C)n1.O=S(Cl)Cl. The third-order valence-electron chi connectivity index (χ3n) is 2.98. The van der Waals surface area contributed by atoms with Crippen molar-refractivity contribution >= 4 is 42.2 Å². The molecule has 0 aromatic carbocycles. The molecular weight excluding hydrogens is 403 g/mol. The molecule has 0 unspecified atom stereocenters. The van der Waals surface area contributed by atoms with Crippen LogP contribution in [0.5, 0.6) is 0 Å². The maximum atomic E-state index is 9.09. The summed E-state index contributed by atoms with van der Waals surface area (Å²) >= 11 is 5.64. The smallest absolute Gasteiger partial charge is 0.211 e. The molecule has 0 saturated carbocycles. The summed E-state index contributed by atoms with van der Waals surface area (Å²) in [5, 5.41) is 8.77. The van der Waals surface area contributed by atoms with Gasteiger partial charge in [0.15, 0.2) is 0 Å². The van der Waals surface area contributed by atoms with E-state index in [1.54, 1.807) is 0 Å². The molecule has 0 amide bonds. The lowest BCUT2D eigenvalue weighted by Crippen LogP contribution is -1.93. The number of aliphatic hydroxyl groups excluding tert-OH is 1. The highest BCUT2D eigenvalue weighted by Gasteiger charge is 1.96. The van der Waals surface area contributed by atoms with Gasteiger partial charge in [0.1, 0.15) is 0 Å². The van der Waals surface area contributed by atoms with Crippen LogP contribution in [0.25, 0.3) is 0 Å². The molecule has 0 aliphatic carbocycles. The molecule has 0 spiro atoms. The first kappa shape index (κ1) is 26.5. The van der Waals surface area contributed by atoms with Crippen LogP contribution in [0.4, 0.5) is 0 Å². The van der Waals surface area contributed by atoms with E-state index < -0.39 is 9.23 Å². The zero-order chi connectivity index (χ0) is 18.7. The number of aliphatic hydroxyl groups is 1. The minimum absolute atomic E-state index is 0. The maximum Gasteiger partial charge on any atom is 0.211 e. The average molecular weight is 428 g/mol. The van der Waals surface area contributed by atoms with Gasteiger partial charge in [-0.2, -0.15) is 0 Å². The fourth-order valence-corrected chi connectivity index (χ4v) is 2.02. The first-order valence-electron chi connectivity index (χ1n) is 6.98. The molecule has 0 bridgehead atoms. The Hall–Kier alpha value is -0.720. The van der Waals surface area contributed by atoms with Gasteiger partial charge in [0.05, 0.1) is 6.61 Å². The van der Waals surface area contributed by atoms with Crippen LogP contribution in [0.1, 0.15) is 41.3 Å². The number of aryl methyl sites for hydroxylation is 4. The molecule has 2 aromatic rings. The Bertz CT molecular complexity index is 615. The van der Waals surface area contributed by atoms with Gasteiger partial charge in [-0.1, -0.05) is 19.6 Å². The van der Waals surface area contributed by atoms with E-state index in [2.05, 4.69) is 31.3 Å². The molecule has 0 radical (unpaired) electrons. The summed E-state index contributed by atoms with van der Waals surface area (Å²) in [5.74, 6) is 0.555. The second kappa shape index (κ2) is 14.4. The van der Waals surface area contributed by atoms with Gasteiger partial charge in [0, 0.05) is 50.0 Å². The van der Waals surface area contributed by atoms with Gasteiger partial charge in [0.25, 0.3) is 0 Å². The van der Waals surface area contributed by atoms with E-state index in [9.17, 15) is 0 Å². The Labute approximate surface area is 167 Å². The topological polar surface area (TPSA) is 63.1 Å².